The number of rotatable bonds is 4. The molecular formula is C14H23ClN6O2. The normalized spacial score (nSPS) is 16.5. The van der Waals surface area contributed by atoms with E-state index in [2.05, 4.69) is 15.3 Å². The fourth-order valence-electron chi connectivity index (χ4n) is 2.26. The van der Waals surface area contributed by atoms with Crippen molar-refractivity contribution in [3.63, 3.8) is 0 Å². The number of halogens is 1. The molecule has 0 saturated carbocycles. The number of hydrogen-bond donors (Lipinski definition) is 2. The summed E-state index contributed by atoms with van der Waals surface area (Å²) in [4.78, 5) is 32.5. The molecule has 0 spiro atoms. The average molecular weight is 343 g/mol. The summed E-state index contributed by atoms with van der Waals surface area (Å²) in [5.74, 6) is 0.245. The van der Waals surface area contributed by atoms with Gasteiger partial charge < -0.3 is 5.73 Å². The lowest BCUT2D eigenvalue weighted by molar-refractivity contribution is -0.142. The van der Waals surface area contributed by atoms with E-state index in [-0.39, 0.29) is 30.3 Å². The van der Waals surface area contributed by atoms with Crippen LogP contribution < -0.4 is 11.1 Å². The third-order valence-corrected chi connectivity index (χ3v) is 3.88. The molecule has 0 aromatic carbocycles. The number of hydrogen-bond acceptors (Lipinski definition) is 5. The monoisotopic (exact) mass is 342 g/mol. The van der Waals surface area contributed by atoms with Crippen LogP contribution in [-0.2, 0) is 4.79 Å². The van der Waals surface area contributed by atoms with Crippen LogP contribution in [0.15, 0.2) is 18.6 Å². The van der Waals surface area contributed by atoms with Gasteiger partial charge in [-0.1, -0.05) is 20.3 Å². The van der Waals surface area contributed by atoms with Gasteiger partial charge in [-0.25, -0.2) is 24.8 Å². The lowest BCUT2D eigenvalue weighted by atomic mass is 9.99. The van der Waals surface area contributed by atoms with Crippen LogP contribution in [0.2, 0.25) is 0 Å². The van der Waals surface area contributed by atoms with Crippen molar-refractivity contribution in [3.05, 3.63) is 18.6 Å². The number of anilines is 1. The van der Waals surface area contributed by atoms with Gasteiger partial charge in [0.25, 0.3) is 5.91 Å². The molecule has 0 aliphatic carbocycles. The van der Waals surface area contributed by atoms with Crippen molar-refractivity contribution in [2.45, 2.75) is 32.7 Å². The van der Waals surface area contributed by atoms with Gasteiger partial charge in [0.15, 0.2) is 0 Å². The fourth-order valence-corrected chi connectivity index (χ4v) is 2.26. The molecule has 2 rings (SSSR count). The van der Waals surface area contributed by atoms with Crippen molar-refractivity contribution in [1.29, 1.82) is 0 Å². The number of nitrogens with one attached hydrogen (secondary N) is 1. The molecule has 1 aromatic rings. The van der Waals surface area contributed by atoms with Crippen LogP contribution in [0.1, 0.15) is 26.7 Å². The molecule has 3 amide bonds. The molecule has 0 radical (unpaired) electrons. The smallest absolute Gasteiger partial charge is 0.320 e. The first kappa shape index (κ1) is 19.1. The van der Waals surface area contributed by atoms with E-state index in [0.717, 1.165) is 12.8 Å². The van der Waals surface area contributed by atoms with Crippen molar-refractivity contribution >= 4 is 30.2 Å². The Morgan fingerprint density at radius 1 is 1.39 bits per heavy atom. The van der Waals surface area contributed by atoms with Gasteiger partial charge in [-0.05, 0) is 18.4 Å². The highest BCUT2D eigenvalue weighted by Gasteiger charge is 2.34. The lowest BCUT2D eigenvalue weighted by Gasteiger charge is -2.31. The summed E-state index contributed by atoms with van der Waals surface area (Å²) < 4.78 is 0. The SMILES string of the molecule is CCC(C)C(N)C(=O)N1CCCN1C(=O)Nc1ccncn1.Cl. The van der Waals surface area contributed by atoms with Crippen molar-refractivity contribution in [2.24, 2.45) is 11.7 Å². The number of urea groups is 1. The Labute approximate surface area is 141 Å². The largest absolute Gasteiger partial charge is 0.341 e. The lowest BCUT2D eigenvalue weighted by Crippen LogP contribution is -2.53. The van der Waals surface area contributed by atoms with E-state index in [0.29, 0.717) is 18.9 Å². The van der Waals surface area contributed by atoms with E-state index < -0.39 is 6.04 Å². The van der Waals surface area contributed by atoms with Gasteiger partial charge in [-0.3, -0.25) is 10.1 Å². The molecule has 23 heavy (non-hydrogen) atoms. The fraction of sp³-hybridized carbons (Fsp3) is 0.571. The zero-order chi connectivity index (χ0) is 16.1. The quantitative estimate of drug-likeness (QED) is 0.857. The molecule has 2 unspecified atom stereocenters. The van der Waals surface area contributed by atoms with Gasteiger partial charge in [0.05, 0.1) is 6.04 Å². The minimum Gasteiger partial charge on any atom is -0.320 e. The maximum Gasteiger partial charge on any atom is 0.341 e. The molecule has 1 aliphatic rings. The maximum absolute atomic E-state index is 12.5. The second kappa shape index (κ2) is 8.64. The molecule has 1 fully saturated rings. The molecule has 8 nitrogen and oxygen atoms in total. The molecular weight excluding hydrogens is 320 g/mol. The molecule has 2 atom stereocenters. The Balaban J connectivity index is 0.00000264. The minimum atomic E-state index is -0.600. The Morgan fingerprint density at radius 3 is 2.70 bits per heavy atom. The van der Waals surface area contributed by atoms with Crippen molar-refractivity contribution in [2.75, 3.05) is 18.4 Å². The van der Waals surface area contributed by atoms with Crippen molar-refractivity contribution in [3.8, 4) is 0 Å². The van der Waals surface area contributed by atoms with E-state index in [1.165, 1.54) is 22.5 Å². The first-order chi connectivity index (χ1) is 10.5. The molecule has 3 N–H and O–H groups in total. The van der Waals surface area contributed by atoms with Crippen LogP contribution in [0.3, 0.4) is 0 Å². The third kappa shape index (κ3) is 4.52. The highest BCUT2D eigenvalue weighted by Crippen LogP contribution is 2.17. The molecule has 0 bridgehead atoms. The molecule has 1 aromatic heterocycles. The molecule has 2 heterocycles. The Bertz CT molecular complexity index is 529. The second-order valence-electron chi connectivity index (χ2n) is 5.37. The van der Waals surface area contributed by atoms with Crippen LogP contribution in [0.5, 0.6) is 0 Å². The first-order valence-corrected chi connectivity index (χ1v) is 7.46. The van der Waals surface area contributed by atoms with Crippen LogP contribution in [0, 0.1) is 5.92 Å². The van der Waals surface area contributed by atoms with E-state index >= 15 is 0 Å². The number of carbonyl (C=O) groups excluding carboxylic acids is 2. The highest BCUT2D eigenvalue weighted by atomic mass is 35.5. The van der Waals surface area contributed by atoms with E-state index in [1.807, 2.05) is 13.8 Å². The van der Waals surface area contributed by atoms with Gasteiger partial charge in [-0.15, -0.1) is 12.4 Å². The van der Waals surface area contributed by atoms with Gasteiger partial charge >= 0.3 is 6.03 Å². The topological polar surface area (TPSA) is 104 Å². The molecule has 1 aliphatic heterocycles. The highest BCUT2D eigenvalue weighted by molar-refractivity contribution is 5.91. The van der Waals surface area contributed by atoms with Gasteiger partial charge in [0.1, 0.15) is 12.1 Å². The summed E-state index contributed by atoms with van der Waals surface area (Å²) in [6.45, 7) is 4.90. The maximum atomic E-state index is 12.5. The number of hydrazine groups is 1. The summed E-state index contributed by atoms with van der Waals surface area (Å²) in [5, 5.41) is 5.49. The summed E-state index contributed by atoms with van der Waals surface area (Å²) in [6.07, 6.45) is 4.43. The van der Waals surface area contributed by atoms with Gasteiger partial charge in [0.2, 0.25) is 0 Å². The predicted molar refractivity (Wildman–Crippen MR) is 88.8 cm³/mol. The van der Waals surface area contributed by atoms with Crippen LogP contribution in [-0.4, -0.2) is 51.1 Å². The average Bonchev–Trinajstić information content (AvgIpc) is 3.03. The van der Waals surface area contributed by atoms with Crippen molar-refractivity contribution in [1.82, 2.24) is 20.0 Å². The summed E-state index contributed by atoms with van der Waals surface area (Å²) >= 11 is 0. The van der Waals surface area contributed by atoms with E-state index in [9.17, 15) is 9.59 Å². The molecule has 9 heteroatoms. The van der Waals surface area contributed by atoms with Gasteiger partial charge in [-0.2, -0.15) is 0 Å². The Hall–Kier alpha value is -1.93. The van der Waals surface area contributed by atoms with Gasteiger partial charge in [0, 0.05) is 19.3 Å². The van der Waals surface area contributed by atoms with Crippen molar-refractivity contribution < 1.29 is 9.59 Å². The number of aromatic nitrogens is 2. The standard InChI is InChI=1S/C14H22N6O2.ClH/c1-3-10(2)12(15)13(21)19-7-4-8-20(19)14(22)18-11-5-6-16-9-17-11;/h5-6,9-10,12H,3-4,7-8,15H2,1-2H3,(H,16,17,18,22);1H. The molecule has 1 saturated heterocycles. The van der Waals surface area contributed by atoms with Crippen LogP contribution in [0.4, 0.5) is 10.6 Å². The summed E-state index contributed by atoms with van der Waals surface area (Å²) in [7, 11) is 0. The van der Waals surface area contributed by atoms with Crippen LogP contribution >= 0.6 is 12.4 Å². The Kier molecular flexibility index (Phi) is 7.18. The zero-order valence-electron chi connectivity index (χ0n) is 13.3. The summed E-state index contributed by atoms with van der Waals surface area (Å²) in [5.41, 5.74) is 6.00. The number of amides is 3. The minimum absolute atomic E-state index is 0. The van der Waals surface area contributed by atoms with E-state index in [1.54, 1.807) is 6.07 Å². The number of nitrogens with zero attached hydrogens (tertiary/aromatic N) is 4. The predicted octanol–water partition coefficient (Wildman–Crippen LogP) is 1.25. The number of nitrogens with two attached hydrogens (primary N) is 1. The van der Waals surface area contributed by atoms with E-state index in [4.69, 9.17) is 5.73 Å². The zero-order valence-corrected chi connectivity index (χ0v) is 14.1. The van der Waals surface area contributed by atoms with Crippen LogP contribution in [0.25, 0.3) is 0 Å². The number of carbonyl (C=O) groups is 2. The first-order valence-electron chi connectivity index (χ1n) is 7.46. The summed E-state index contributed by atoms with van der Waals surface area (Å²) in [6, 6.07) is 0.601. The Morgan fingerprint density at radius 2 is 2.09 bits per heavy atom. The molecule has 128 valence electrons. The third-order valence-electron chi connectivity index (χ3n) is 3.88. The second-order valence-corrected chi connectivity index (χ2v) is 5.37.